The standard InChI is InChI=1S/C13H18N4O2S/c1-7(2)20-13-14-6-8-11(17-13)16-12(18)10(15-8)9-4-3-5-19-9/h6-7,9,13H,3-5H2,1-2H3,(H2,16,17,18). The Balaban J connectivity index is 1.87. The maximum absolute atomic E-state index is 12.1. The van der Waals surface area contributed by atoms with Crippen LogP contribution in [0.5, 0.6) is 0 Å². The Morgan fingerprint density at radius 1 is 1.50 bits per heavy atom. The molecule has 6 nitrogen and oxygen atoms in total. The molecule has 0 radical (unpaired) electrons. The zero-order valence-corrected chi connectivity index (χ0v) is 12.4. The van der Waals surface area contributed by atoms with E-state index in [2.05, 4.69) is 34.1 Å². The number of ether oxygens (including phenoxy) is 1. The number of rotatable bonds is 3. The summed E-state index contributed by atoms with van der Waals surface area (Å²) in [7, 11) is 0. The number of hydrogen-bond acceptors (Lipinski definition) is 6. The summed E-state index contributed by atoms with van der Waals surface area (Å²) in [4.78, 5) is 23.8. The van der Waals surface area contributed by atoms with Gasteiger partial charge in [0.2, 0.25) is 0 Å². The molecule has 2 N–H and O–H groups in total. The van der Waals surface area contributed by atoms with Crippen molar-refractivity contribution in [1.29, 1.82) is 0 Å². The first-order chi connectivity index (χ1) is 9.63. The summed E-state index contributed by atoms with van der Waals surface area (Å²) in [5, 5.41) is 3.65. The third-order valence-electron chi connectivity index (χ3n) is 3.20. The highest BCUT2D eigenvalue weighted by Gasteiger charge is 2.25. The Morgan fingerprint density at radius 3 is 3.05 bits per heavy atom. The van der Waals surface area contributed by atoms with Gasteiger partial charge in [0.15, 0.2) is 5.50 Å². The van der Waals surface area contributed by atoms with E-state index >= 15 is 0 Å². The zero-order chi connectivity index (χ0) is 14.1. The van der Waals surface area contributed by atoms with Gasteiger partial charge in [-0.15, -0.1) is 11.8 Å². The summed E-state index contributed by atoms with van der Waals surface area (Å²) in [5.74, 6) is 0.643. The molecule has 2 unspecified atom stereocenters. The number of aromatic amines is 1. The van der Waals surface area contributed by atoms with Gasteiger partial charge in [-0.05, 0) is 12.8 Å². The van der Waals surface area contributed by atoms with E-state index < -0.39 is 0 Å². The van der Waals surface area contributed by atoms with E-state index in [0.29, 0.717) is 29.1 Å². The van der Waals surface area contributed by atoms with Crippen LogP contribution in [0.4, 0.5) is 5.82 Å². The van der Waals surface area contributed by atoms with Gasteiger partial charge in [-0.3, -0.25) is 9.79 Å². The number of H-pyrrole nitrogens is 1. The van der Waals surface area contributed by atoms with Crippen LogP contribution in [0, 0.1) is 0 Å². The van der Waals surface area contributed by atoms with Crippen LogP contribution in [-0.2, 0) is 4.74 Å². The number of nitrogens with zero attached hydrogens (tertiary/aromatic N) is 2. The average molecular weight is 294 g/mol. The molecule has 2 aliphatic heterocycles. The van der Waals surface area contributed by atoms with Gasteiger partial charge < -0.3 is 15.0 Å². The van der Waals surface area contributed by atoms with Crippen molar-refractivity contribution >= 4 is 23.8 Å². The molecule has 7 heteroatoms. The number of aromatic nitrogens is 2. The maximum atomic E-state index is 12.1. The van der Waals surface area contributed by atoms with Crippen LogP contribution in [-0.4, -0.2) is 33.5 Å². The lowest BCUT2D eigenvalue weighted by Crippen LogP contribution is -2.28. The number of fused-ring (bicyclic) bond motifs is 1. The number of thioether (sulfide) groups is 1. The quantitative estimate of drug-likeness (QED) is 0.890. The molecule has 20 heavy (non-hydrogen) atoms. The number of aliphatic imine (C=N–C) groups is 1. The van der Waals surface area contributed by atoms with E-state index in [9.17, 15) is 4.79 Å². The lowest BCUT2D eigenvalue weighted by molar-refractivity contribution is 0.107. The Hall–Kier alpha value is -1.34. The fourth-order valence-electron chi connectivity index (χ4n) is 2.32. The first-order valence-corrected chi connectivity index (χ1v) is 7.79. The molecule has 0 amide bonds. The highest BCUT2D eigenvalue weighted by molar-refractivity contribution is 8.00. The van der Waals surface area contributed by atoms with Crippen molar-refractivity contribution in [2.45, 2.75) is 43.5 Å². The highest BCUT2D eigenvalue weighted by Crippen LogP contribution is 2.27. The van der Waals surface area contributed by atoms with Gasteiger partial charge in [0.1, 0.15) is 23.3 Å². The molecule has 1 saturated heterocycles. The van der Waals surface area contributed by atoms with Crippen molar-refractivity contribution in [3.63, 3.8) is 0 Å². The highest BCUT2D eigenvalue weighted by atomic mass is 32.2. The van der Waals surface area contributed by atoms with Crippen molar-refractivity contribution in [2.24, 2.45) is 4.99 Å². The minimum absolute atomic E-state index is 0.0754. The summed E-state index contributed by atoms with van der Waals surface area (Å²) in [5.41, 5.74) is 0.889. The van der Waals surface area contributed by atoms with Gasteiger partial charge in [0.25, 0.3) is 5.56 Å². The lowest BCUT2D eigenvalue weighted by atomic mass is 10.2. The number of hydrogen-bond donors (Lipinski definition) is 2. The largest absolute Gasteiger partial charge is 0.372 e. The molecule has 0 saturated carbocycles. The van der Waals surface area contributed by atoms with E-state index in [0.717, 1.165) is 12.8 Å². The molecule has 2 atom stereocenters. The van der Waals surface area contributed by atoms with Gasteiger partial charge in [0.05, 0.1) is 6.21 Å². The summed E-state index contributed by atoms with van der Waals surface area (Å²) in [6, 6.07) is 0. The molecule has 1 aromatic heterocycles. The van der Waals surface area contributed by atoms with Crippen LogP contribution < -0.4 is 10.9 Å². The van der Waals surface area contributed by atoms with Gasteiger partial charge in [0, 0.05) is 11.9 Å². The summed E-state index contributed by atoms with van der Waals surface area (Å²) < 4.78 is 5.53. The maximum Gasteiger partial charge on any atom is 0.273 e. The normalized spacial score (nSPS) is 24.8. The second-order valence-electron chi connectivity index (χ2n) is 5.17. The van der Waals surface area contributed by atoms with Gasteiger partial charge in [-0.2, -0.15) is 0 Å². The third-order valence-corrected chi connectivity index (χ3v) is 4.25. The first kappa shape index (κ1) is 13.6. The van der Waals surface area contributed by atoms with Crippen LogP contribution in [0.25, 0.3) is 0 Å². The Bertz CT molecular complexity index is 578. The van der Waals surface area contributed by atoms with Gasteiger partial charge in [-0.25, -0.2) is 4.98 Å². The van der Waals surface area contributed by atoms with Crippen LogP contribution in [0.15, 0.2) is 9.79 Å². The monoisotopic (exact) mass is 294 g/mol. The predicted octanol–water partition coefficient (Wildman–Crippen LogP) is 1.89. The SMILES string of the molecule is CC(C)SC1N=Cc2nc(C3CCCO3)c(=O)[nH]c2N1. The molecular weight excluding hydrogens is 276 g/mol. The molecule has 3 heterocycles. The van der Waals surface area contributed by atoms with Crippen molar-refractivity contribution in [1.82, 2.24) is 9.97 Å². The molecule has 3 rings (SSSR count). The van der Waals surface area contributed by atoms with Crippen molar-refractivity contribution in [3.05, 3.63) is 21.7 Å². The lowest BCUT2D eigenvalue weighted by Gasteiger charge is -2.22. The second kappa shape index (κ2) is 5.57. The summed E-state index contributed by atoms with van der Waals surface area (Å²) in [6.07, 6.45) is 3.37. The van der Waals surface area contributed by atoms with Crippen molar-refractivity contribution in [3.8, 4) is 0 Å². The van der Waals surface area contributed by atoms with E-state index in [1.165, 1.54) is 0 Å². The molecule has 108 valence electrons. The van der Waals surface area contributed by atoms with Crippen LogP contribution >= 0.6 is 11.8 Å². The van der Waals surface area contributed by atoms with Crippen LogP contribution in [0.2, 0.25) is 0 Å². The minimum atomic E-state index is -0.180. The van der Waals surface area contributed by atoms with Crippen molar-refractivity contribution in [2.75, 3.05) is 11.9 Å². The molecule has 0 spiro atoms. The van der Waals surface area contributed by atoms with E-state index in [4.69, 9.17) is 4.74 Å². The fraction of sp³-hybridized carbons (Fsp3) is 0.615. The van der Waals surface area contributed by atoms with E-state index in [1.54, 1.807) is 18.0 Å². The smallest absolute Gasteiger partial charge is 0.273 e. The Labute approximate surface area is 121 Å². The topological polar surface area (TPSA) is 79.4 Å². The Kier molecular flexibility index (Phi) is 3.80. The summed E-state index contributed by atoms with van der Waals surface area (Å²) in [6.45, 7) is 4.92. The summed E-state index contributed by atoms with van der Waals surface area (Å²) >= 11 is 1.69. The van der Waals surface area contributed by atoms with Gasteiger partial charge in [-0.1, -0.05) is 13.8 Å². The predicted molar refractivity (Wildman–Crippen MR) is 80.5 cm³/mol. The number of nitrogens with one attached hydrogen (secondary N) is 2. The second-order valence-corrected chi connectivity index (χ2v) is 6.83. The van der Waals surface area contributed by atoms with E-state index in [1.807, 2.05) is 0 Å². The molecule has 1 fully saturated rings. The Morgan fingerprint density at radius 2 is 2.35 bits per heavy atom. The fourth-order valence-corrected chi connectivity index (χ4v) is 3.15. The zero-order valence-electron chi connectivity index (χ0n) is 11.5. The minimum Gasteiger partial charge on any atom is -0.372 e. The molecule has 0 bridgehead atoms. The first-order valence-electron chi connectivity index (χ1n) is 6.84. The molecule has 2 aliphatic rings. The molecule has 0 aliphatic carbocycles. The molecular formula is C13H18N4O2S. The third kappa shape index (κ3) is 2.73. The number of anilines is 1. The van der Waals surface area contributed by atoms with Crippen molar-refractivity contribution < 1.29 is 4.74 Å². The van der Waals surface area contributed by atoms with Crippen LogP contribution in [0.1, 0.15) is 44.2 Å². The molecule has 0 aromatic carbocycles. The van der Waals surface area contributed by atoms with Gasteiger partial charge >= 0.3 is 0 Å². The molecule has 1 aromatic rings. The van der Waals surface area contributed by atoms with E-state index in [-0.39, 0.29) is 17.2 Å². The van der Waals surface area contributed by atoms with Crippen LogP contribution in [0.3, 0.4) is 0 Å². The average Bonchev–Trinajstić information content (AvgIpc) is 2.90.